The third kappa shape index (κ3) is 2.20. The Morgan fingerprint density at radius 2 is 1.12 bits per heavy atom. The Kier molecular flexibility index (Phi) is 4.57. The number of aliphatic hydroxyl groups is 1. The first-order valence-electron chi connectivity index (χ1n) is 7.86. The van der Waals surface area contributed by atoms with Gasteiger partial charge in [-0.15, -0.1) is 0 Å². The van der Waals surface area contributed by atoms with Crippen molar-refractivity contribution in [2.24, 2.45) is 0 Å². The van der Waals surface area contributed by atoms with Crippen LogP contribution in [0, 0.1) is 17.5 Å². The van der Waals surface area contributed by atoms with Gasteiger partial charge >= 0.3 is 35.3 Å². The standard InChI is InChI=1S/C16H4F14O2/c17-6-2-4-3(7(18)8(6)19)1-5(9(4)31)10(32)11(20)12(21,22)14(25,26)16(29,30)15(27,28)13(11,23)24/h2,31H,1H2. The van der Waals surface area contributed by atoms with Crippen molar-refractivity contribution in [2.75, 3.05) is 0 Å². The average molecular weight is 494 g/mol. The van der Waals surface area contributed by atoms with Crippen LogP contribution >= 0.6 is 0 Å². The van der Waals surface area contributed by atoms with Gasteiger partial charge in [0, 0.05) is 23.1 Å². The number of Topliss-reactive ketones (excluding diaryl/α,β-unsaturated/α-hetero) is 1. The Morgan fingerprint density at radius 1 is 0.719 bits per heavy atom. The van der Waals surface area contributed by atoms with Gasteiger partial charge in [0.15, 0.2) is 17.5 Å². The van der Waals surface area contributed by atoms with Crippen LogP contribution in [0.2, 0.25) is 0 Å². The predicted molar refractivity (Wildman–Crippen MR) is 73.1 cm³/mol. The number of carbonyl (C=O) groups is 1. The van der Waals surface area contributed by atoms with Crippen LogP contribution in [0.15, 0.2) is 11.6 Å². The number of hydrogen-bond acceptors (Lipinski definition) is 2. The lowest BCUT2D eigenvalue weighted by molar-refractivity contribution is -0.475. The maximum atomic E-state index is 14.8. The SMILES string of the molecule is O=C(C1=C(O)c2cc(F)c(F)c(F)c2C1)C1(F)C(F)(F)C(F)(F)C(F)(F)C(F)(F)C1(F)F. The number of aliphatic hydroxyl groups excluding tert-OH is 1. The number of halogens is 14. The molecule has 1 N–H and O–H groups in total. The van der Waals surface area contributed by atoms with Gasteiger partial charge in [-0.1, -0.05) is 0 Å². The summed E-state index contributed by atoms with van der Waals surface area (Å²) in [5.41, 5.74) is -12.0. The van der Waals surface area contributed by atoms with Gasteiger partial charge in [-0.05, 0) is 6.07 Å². The van der Waals surface area contributed by atoms with Gasteiger partial charge in [-0.25, -0.2) is 17.6 Å². The van der Waals surface area contributed by atoms with Crippen LogP contribution in [0.5, 0.6) is 0 Å². The molecule has 0 amide bonds. The molecule has 0 unspecified atom stereocenters. The molecule has 0 aliphatic heterocycles. The van der Waals surface area contributed by atoms with Gasteiger partial charge in [0.25, 0.3) is 0 Å². The summed E-state index contributed by atoms with van der Waals surface area (Å²) in [5.74, 6) is -50.3. The summed E-state index contributed by atoms with van der Waals surface area (Å²) in [6.45, 7) is 0. The van der Waals surface area contributed by atoms with E-state index in [0.717, 1.165) is 0 Å². The Morgan fingerprint density at radius 3 is 1.56 bits per heavy atom. The van der Waals surface area contributed by atoms with Crippen LogP contribution in [0.3, 0.4) is 0 Å². The maximum Gasteiger partial charge on any atom is 0.384 e. The first kappa shape index (κ1) is 24.1. The highest BCUT2D eigenvalue weighted by molar-refractivity contribution is 6.10. The summed E-state index contributed by atoms with van der Waals surface area (Å²) >= 11 is 0. The lowest BCUT2D eigenvalue weighted by atomic mass is 9.69. The van der Waals surface area contributed by atoms with Gasteiger partial charge in [0.1, 0.15) is 5.76 Å². The van der Waals surface area contributed by atoms with E-state index in [1.54, 1.807) is 0 Å². The van der Waals surface area contributed by atoms with Crippen LogP contribution in [0.1, 0.15) is 11.1 Å². The van der Waals surface area contributed by atoms with Gasteiger partial charge in [-0.3, -0.25) is 4.79 Å². The van der Waals surface area contributed by atoms with Crippen molar-refractivity contribution in [3.63, 3.8) is 0 Å². The second kappa shape index (κ2) is 6.07. The highest BCUT2D eigenvalue weighted by Crippen LogP contribution is 2.70. The summed E-state index contributed by atoms with van der Waals surface area (Å²) < 4.78 is 192. The molecule has 3 rings (SSSR count). The zero-order chi connectivity index (χ0) is 25.0. The molecular weight excluding hydrogens is 490 g/mol. The van der Waals surface area contributed by atoms with E-state index >= 15 is 0 Å². The average Bonchev–Trinajstić information content (AvgIpc) is 2.99. The van der Waals surface area contributed by atoms with Crippen molar-refractivity contribution in [3.8, 4) is 0 Å². The Balaban J connectivity index is 2.28. The van der Waals surface area contributed by atoms with Crippen molar-refractivity contribution in [3.05, 3.63) is 40.2 Å². The maximum absolute atomic E-state index is 14.8. The molecule has 0 aromatic heterocycles. The third-order valence-corrected chi connectivity index (χ3v) is 5.19. The fraction of sp³-hybridized carbons (Fsp3) is 0.438. The molecule has 0 saturated heterocycles. The summed E-state index contributed by atoms with van der Waals surface area (Å²) in [7, 11) is 0. The van der Waals surface area contributed by atoms with E-state index in [9.17, 15) is 71.4 Å². The van der Waals surface area contributed by atoms with Crippen molar-refractivity contribution in [2.45, 2.75) is 41.7 Å². The quantitative estimate of drug-likeness (QED) is 0.442. The fourth-order valence-corrected chi connectivity index (χ4v) is 3.34. The van der Waals surface area contributed by atoms with Crippen molar-refractivity contribution >= 4 is 11.5 Å². The van der Waals surface area contributed by atoms with Gasteiger partial charge in [-0.2, -0.15) is 43.9 Å². The molecule has 0 radical (unpaired) electrons. The van der Waals surface area contributed by atoms with Crippen molar-refractivity contribution in [1.82, 2.24) is 0 Å². The van der Waals surface area contributed by atoms with Crippen molar-refractivity contribution in [1.29, 1.82) is 0 Å². The third-order valence-electron chi connectivity index (χ3n) is 5.19. The highest BCUT2D eigenvalue weighted by Gasteiger charge is 3.02. The van der Waals surface area contributed by atoms with Gasteiger partial charge in [0.05, 0.1) is 0 Å². The molecule has 1 saturated carbocycles. The number of hydrogen-bond donors (Lipinski definition) is 1. The van der Waals surface area contributed by atoms with Crippen LogP contribution < -0.4 is 0 Å². The highest BCUT2D eigenvalue weighted by atomic mass is 19.4. The molecule has 2 aliphatic carbocycles. The first-order chi connectivity index (χ1) is 14.1. The summed E-state index contributed by atoms with van der Waals surface area (Å²) in [6, 6.07) is -0.136. The minimum Gasteiger partial charge on any atom is -0.507 e. The number of allylic oxidation sites excluding steroid dienone is 1. The largest absolute Gasteiger partial charge is 0.507 e. The molecular formula is C16H4F14O2. The molecule has 178 valence electrons. The molecule has 1 fully saturated rings. The Labute approximate surface area is 166 Å². The molecule has 2 nitrogen and oxygen atoms in total. The number of benzene rings is 1. The molecule has 16 heteroatoms. The molecule has 1 aromatic rings. The van der Waals surface area contributed by atoms with Gasteiger partial charge in [0.2, 0.25) is 5.78 Å². The predicted octanol–water partition coefficient (Wildman–Crippen LogP) is 5.40. The number of fused-ring (bicyclic) bond motifs is 1. The van der Waals surface area contributed by atoms with E-state index in [1.807, 2.05) is 0 Å². The zero-order valence-electron chi connectivity index (χ0n) is 14.4. The van der Waals surface area contributed by atoms with E-state index in [4.69, 9.17) is 0 Å². The van der Waals surface area contributed by atoms with Gasteiger partial charge < -0.3 is 5.11 Å². The summed E-state index contributed by atoms with van der Waals surface area (Å²) in [4.78, 5) is 12.1. The normalized spacial score (nSPS) is 26.1. The van der Waals surface area contributed by atoms with Crippen molar-refractivity contribution < 1.29 is 71.4 Å². The Bertz CT molecular complexity index is 1040. The number of ketones is 1. The van der Waals surface area contributed by atoms with Crippen LogP contribution in [0.25, 0.3) is 5.76 Å². The minimum atomic E-state index is -7.58. The number of rotatable bonds is 2. The Hall–Kier alpha value is -2.55. The van der Waals surface area contributed by atoms with E-state index in [0.29, 0.717) is 0 Å². The first-order valence-corrected chi connectivity index (χ1v) is 7.86. The van der Waals surface area contributed by atoms with E-state index in [-0.39, 0.29) is 6.07 Å². The number of alkyl halides is 11. The summed E-state index contributed by atoms with van der Waals surface area (Å²) in [5, 5.41) is 9.72. The lowest BCUT2D eigenvalue weighted by Crippen LogP contribution is -2.85. The van der Waals surface area contributed by atoms with E-state index in [1.165, 1.54) is 0 Å². The zero-order valence-corrected chi connectivity index (χ0v) is 14.4. The topological polar surface area (TPSA) is 37.3 Å². The van der Waals surface area contributed by atoms with Crippen LogP contribution in [-0.4, -0.2) is 46.2 Å². The molecule has 2 aliphatic rings. The molecule has 1 aromatic carbocycles. The summed E-state index contributed by atoms with van der Waals surface area (Å²) in [6.07, 6.45) is -1.84. The monoisotopic (exact) mass is 494 g/mol. The smallest absolute Gasteiger partial charge is 0.384 e. The van der Waals surface area contributed by atoms with E-state index < -0.39 is 87.4 Å². The molecule has 0 atom stereocenters. The lowest BCUT2D eigenvalue weighted by Gasteiger charge is -2.51. The van der Waals surface area contributed by atoms with Crippen LogP contribution in [-0.2, 0) is 11.2 Å². The van der Waals surface area contributed by atoms with Crippen LogP contribution in [0.4, 0.5) is 61.5 Å². The van der Waals surface area contributed by atoms with E-state index in [2.05, 4.69) is 0 Å². The molecule has 32 heavy (non-hydrogen) atoms. The molecule has 0 spiro atoms. The molecule has 0 bridgehead atoms. The second-order valence-electron chi connectivity index (χ2n) is 6.88. The second-order valence-corrected chi connectivity index (χ2v) is 6.88. The molecule has 0 heterocycles. The fourth-order valence-electron chi connectivity index (χ4n) is 3.34. The number of carbonyl (C=O) groups excluding carboxylic acids is 1. The minimum absolute atomic E-state index is 0.136.